The van der Waals surface area contributed by atoms with Crippen molar-refractivity contribution in [3.63, 3.8) is 0 Å². The van der Waals surface area contributed by atoms with Crippen molar-refractivity contribution in [1.29, 1.82) is 0 Å². The number of carbonyl (C=O) groups is 2. The van der Waals surface area contributed by atoms with Gasteiger partial charge in [-0.1, -0.05) is 37.5 Å². The van der Waals surface area contributed by atoms with Crippen LogP contribution in [0.15, 0.2) is 24.3 Å². The number of carbonyl (C=O) groups excluding carboxylic acids is 2. The molecule has 2 atom stereocenters. The molecule has 2 fully saturated rings. The van der Waals surface area contributed by atoms with Gasteiger partial charge < -0.3 is 10.1 Å². The van der Waals surface area contributed by atoms with E-state index in [0.717, 1.165) is 31.4 Å². The van der Waals surface area contributed by atoms with Crippen LogP contribution in [0.1, 0.15) is 38.2 Å². The third-order valence-corrected chi connectivity index (χ3v) is 5.11. The third kappa shape index (κ3) is 2.92. The summed E-state index contributed by atoms with van der Waals surface area (Å²) in [4.78, 5) is 26.3. The molecule has 3 amide bonds. The van der Waals surface area contributed by atoms with E-state index in [9.17, 15) is 9.59 Å². The first-order valence-electron chi connectivity index (χ1n) is 8.36. The number of urea groups is 1. The van der Waals surface area contributed by atoms with E-state index in [4.69, 9.17) is 4.74 Å². The number of amides is 3. The third-order valence-electron chi connectivity index (χ3n) is 5.11. The molecule has 5 nitrogen and oxygen atoms in total. The molecule has 23 heavy (non-hydrogen) atoms. The van der Waals surface area contributed by atoms with Crippen molar-refractivity contribution in [3.05, 3.63) is 29.8 Å². The Morgan fingerprint density at radius 3 is 2.70 bits per heavy atom. The molecule has 1 aromatic rings. The quantitative estimate of drug-likeness (QED) is 0.869. The first kappa shape index (κ1) is 15.8. The van der Waals surface area contributed by atoms with Crippen molar-refractivity contribution in [2.45, 2.75) is 45.1 Å². The molecule has 1 spiro atoms. The Hall–Kier alpha value is -2.04. The molecule has 3 rings (SSSR count). The van der Waals surface area contributed by atoms with Crippen LogP contribution in [0.3, 0.4) is 0 Å². The number of aryl methyl sites for hydroxylation is 1. The first-order chi connectivity index (χ1) is 11.0. The molecule has 1 saturated carbocycles. The summed E-state index contributed by atoms with van der Waals surface area (Å²) in [6.07, 6.45) is 3.85. The molecule has 1 heterocycles. The van der Waals surface area contributed by atoms with Gasteiger partial charge in [0.05, 0.1) is 6.54 Å². The number of imide groups is 1. The van der Waals surface area contributed by atoms with Crippen LogP contribution in [0.5, 0.6) is 5.75 Å². The normalized spacial score (nSPS) is 27.4. The van der Waals surface area contributed by atoms with Crippen LogP contribution in [0.2, 0.25) is 0 Å². The smallest absolute Gasteiger partial charge is 0.325 e. The fraction of sp³-hybridized carbons (Fsp3) is 0.556. The molecule has 5 heteroatoms. The zero-order chi connectivity index (χ0) is 16.4. The number of ether oxygens (including phenoxy) is 1. The fourth-order valence-corrected chi connectivity index (χ4v) is 3.59. The average Bonchev–Trinajstić information content (AvgIpc) is 2.77. The number of hydrogen-bond acceptors (Lipinski definition) is 3. The Kier molecular flexibility index (Phi) is 4.28. The molecule has 0 bridgehead atoms. The highest BCUT2D eigenvalue weighted by molar-refractivity contribution is 6.07. The van der Waals surface area contributed by atoms with Crippen LogP contribution < -0.4 is 10.1 Å². The zero-order valence-corrected chi connectivity index (χ0v) is 13.8. The first-order valence-corrected chi connectivity index (χ1v) is 8.36. The van der Waals surface area contributed by atoms with E-state index >= 15 is 0 Å². The summed E-state index contributed by atoms with van der Waals surface area (Å²) in [5, 5.41) is 2.96. The zero-order valence-electron chi connectivity index (χ0n) is 13.8. The Labute approximate surface area is 137 Å². The maximum Gasteiger partial charge on any atom is 0.325 e. The minimum absolute atomic E-state index is 0.0813. The lowest BCUT2D eigenvalue weighted by atomic mass is 9.73. The van der Waals surface area contributed by atoms with E-state index in [1.807, 2.05) is 31.2 Å². The molecule has 1 aromatic carbocycles. The van der Waals surface area contributed by atoms with Crippen molar-refractivity contribution in [2.75, 3.05) is 13.2 Å². The van der Waals surface area contributed by atoms with Gasteiger partial charge in [-0.15, -0.1) is 0 Å². The molecular formula is C18H24N2O3. The SMILES string of the molecule is Cc1ccc(OCCN2C(=O)N[C@]3(CCCC[C@@H]3C)C2=O)cc1. The monoisotopic (exact) mass is 316 g/mol. The predicted molar refractivity (Wildman–Crippen MR) is 87.3 cm³/mol. The van der Waals surface area contributed by atoms with Gasteiger partial charge in [0.15, 0.2) is 0 Å². The molecule has 1 saturated heterocycles. The van der Waals surface area contributed by atoms with Crippen molar-refractivity contribution >= 4 is 11.9 Å². The molecule has 0 unspecified atom stereocenters. The van der Waals surface area contributed by atoms with Crippen molar-refractivity contribution in [3.8, 4) is 5.75 Å². The lowest BCUT2D eigenvalue weighted by molar-refractivity contribution is -0.134. The van der Waals surface area contributed by atoms with Crippen LogP contribution in [0.4, 0.5) is 4.79 Å². The minimum Gasteiger partial charge on any atom is -0.492 e. The van der Waals surface area contributed by atoms with E-state index in [-0.39, 0.29) is 24.4 Å². The summed E-state index contributed by atoms with van der Waals surface area (Å²) < 4.78 is 5.65. The number of nitrogens with one attached hydrogen (secondary N) is 1. The largest absolute Gasteiger partial charge is 0.492 e. The molecule has 1 aliphatic carbocycles. The molecule has 1 aliphatic heterocycles. The molecule has 124 valence electrons. The lowest BCUT2D eigenvalue weighted by Crippen LogP contribution is -2.54. The molecule has 0 radical (unpaired) electrons. The topological polar surface area (TPSA) is 58.6 Å². The van der Waals surface area contributed by atoms with E-state index in [1.165, 1.54) is 10.5 Å². The summed E-state index contributed by atoms with van der Waals surface area (Å²) in [5.41, 5.74) is 0.485. The van der Waals surface area contributed by atoms with Gasteiger partial charge in [-0.05, 0) is 37.8 Å². The van der Waals surface area contributed by atoms with E-state index in [2.05, 4.69) is 12.2 Å². The van der Waals surface area contributed by atoms with Gasteiger partial charge in [-0.2, -0.15) is 0 Å². The number of nitrogens with zero attached hydrogens (tertiary/aromatic N) is 1. The second kappa shape index (κ2) is 6.22. The second-order valence-corrected chi connectivity index (χ2v) is 6.67. The van der Waals surface area contributed by atoms with Gasteiger partial charge in [0, 0.05) is 0 Å². The summed E-state index contributed by atoms with van der Waals surface area (Å²) in [6, 6.07) is 7.46. The molecule has 0 aromatic heterocycles. The van der Waals surface area contributed by atoms with Gasteiger partial charge in [0.25, 0.3) is 5.91 Å². The highest BCUT2D eigenvalue weighted by Crippen LogP contribution is 2.38. The van der Waals surface area contributed by atoms with Crippen molar-refractivity contribution in [2.24, 2.45) is 5.92 Å². The summed E-state index contributed by atoms with van der Waals surface area (Å²) in [6.45, 7) is 4.67. The van der Waals surface area contributed by atoms with E-state index < -0.39 is 5.54 Å². The van der Waals surface area contributed by atoms with Crippen LogP contribution in [0, 0.1) is 12.8 Å². The van der Waals surface area contributed by atoms with Crippen molar-refractivity contribution < 1.29 is 14.3 Å². The van der Waals surface area contributed by atoms with Gasteiger partial charge in [0.2, 0.25) is 0 Å². The Bertz CT molecular complexity index is 599. The number of benzene rings is 1. The highest BCUT2D eigenvalue weighted by Gasteiger charge is 2.54. The van der Waals surface area contributed by atoms with Crippen LogP contribution in [-0.2, 0) is 4.79 Å². The van der Waals surface area contributed by atoms with Gasteiger partial charge in [-0.25, -0.2) is 4.79 Å². The van der Waals surface area contributed by atoms with Crippen molar-refractivity contribution in [1.82, 2.24) is 10.2 Å². The summed E-state index contributed by atoms with van der Waals surface area (Å²) in [5.74, 6) is 0.862. The van der Waals surface area contributed by atoms with E-state index in [1.54, 1.807) is 0 Å². The second-order valence-electron chi connectivity index (χ2n) is 6.67. The van der Waals surface area contributed by atoms with Crippen LogP contribution >= 0.6 is 0 Å². The summed E-state index contributed by atoms with van der Waals surface area (Å²) >= 11 is 0. The maximum absolute atomic E-state index is 12.8. The molecular weight excluding hydrogens is 292 g/mol. The lowest BCUT2D eigenvalue weighted by Gasteiger charge is -2.36. The standard InChI is InChI=1S/C18H24N2O3/c1-13-6-8-15(9-7-13)23-12-11-20-16(21)18(19-17(20)22)10-4-3-5-14(18)2/h6-9,14H,3-5,10-12H2,1-2H3,(H,19,22)/t14-,18-/m0/s1. The maximum atomic E-state index is 12.8. The molecule has 1 N–H and O–H groups in total. The fourth-order valence-electron chi connectivity index (χ4n) is 3.59. The van der Waals surface area contributed by atoms with Crippen LogP contribution in [0.25, 0.3) is 0 Å². The average molecular weight is 316 g/mol. The number of hydrogen-bond donors (Lipinski definition) is 1. The molecule has 2 aliphatic rings. The van der Waals surface area contributed by atoms with Gasteiger partial charge in [-0.3, -0.25) is 9.69 Å². The Morgan fingerprint density at radius 1 is 1.26 bits per heavy atom. The van der Waals surface area contributed by atoms with Gasteiger partial charge >= 0.3 is 6.03 Å². The predicted octanol–water partition coefficient (Wildman–Crippen LogP) is 2.87. The van der Waals surface area contributed by atoms with Gasteiger partial charge in [0.1, 0.15) is 17.9 Å². The van der Waals surface area contributed by atoms with E-state index in [0.29, 0.717) is 6.61 Å². The highest BCUT2D eigenvalue weighted by atomic mass is 16.5. The Balaban J connectivity index is 1.61. The Morgan fingerprint density at radius 2 is 2.00 bits per heavy atom. The van der Waals surface area contributed by atoms with Crippen LogP contribution in [-0.4, -0.2) is 35.5 Å². The number of rotatable bonds is 4. The summed E-state index contributed by atoms with van der Waals surface area (Å²) in [7, 11) is 0. The minimum atomic E-state index is -0.681.